The van der Waals surface area contributed by atoms with Gasteiger partial charge >= 0.3 is 0 Å². The summed E-state index contributed by atoms with van der Waals surface area (Å²) < 4.78 is 1.65. The molecule has 1 aromatic carbocycles. The highest BCUT2D eigenvalue weighted by Gasteiger charge is 2.27. The third-order valence-corrected chi connectivity index (χ3v) is 4.34. The Bertz CT molecular complexity index is 684. The molecule has 3 rings (SSSR count). The fourth-order valence-corrected chi connectivity index (χ4v) is 3.03. The van der Waals surface area contributed by atoms with Gasteiger partial charge in [0.15, 0.2) is 0 Å². The summed E-state index contributed by atoms with van der Waals surface area (Å²) in [6.07, 6.45) is 3.35. The molecular formula is C16H19ClN4O. The van der Waals surface area contributed by atoms with Crippen LogP contribution in [0.15, 0.2) is 36.7 Å². The fraction of sp³-hybridized carbons (Fsp3) is 0.375. The van der Waals surface area contributed by atoms with Crippen molar-refractivity contribution in [2.75, 3.05) is 26.7 Å². The fourth-order valence-electron chi connectivity index (χ4n) is 2.81. The van der Waals surface area contributed by atoms with Crippen LogP contribution in [0.5, 0.6) is 0 Å². The molecule has 116 valence electrons. The number of para-hydroxylation sites is 1. The number of hydrogen-bond acceptors (Lipinski definition) is 3. The Labute approximate surface area is 135 Å². The minimum Gasteiger partial charge on any atom is -0.333 e. The molecule has 5 nitrogen and oxygen atoms in total. The highest BCUT2D eigenvalue weighted by Crippen LogP contribution is 2.20. The lowest BCUT2D eigenvalue weighted by atomic mass is 10.1. The number of nitrogens with zero attached hydrogens (tertiary/aromatic N) is 4. The van der Waals surface area contributed by atoms with Crippen LogP contribution in [0.1, 0.15) is 17.3 Å². The van der Waals surface area contributed by atoms with E-state index in [1.807, 2.05) is 29.2 Å². The first-order valence-corrected chi connectivity index (χ1v) is 7.73. The van der Waals surface area contributed by atoms with Crippen molar-refractivity contribution in [1.29, 1.82) is 0 Å². The van der Waals surface area contributed by atoms with E-state index in [4.69, 9.17) is 11.6 Å². The second kappa shape index (κ2) is 6.10. The number of benzene rings is 1. The van der Waals surface area contributed by atoms with Gasteiger partial charge in [-0.3, -0.25) is 4.79 Å². The van der Waals surface area contributed by atoms with Gasteiger partial charge in [0, 0.05) is 31.9 Å². The summed E-state index contributed by atoms with van der Waals surface area (Å²) in [4.78, 5) is 16.8. The number of likely N-dealkylation sites (N-methyl/N-ethyl adjacent to an activating group) is 1. The Morgan fingerprint density at radius 2 is 2.09 bits per heavy atom. The zero-order valence-corrected chi connectivity index (χ0v) is 13.5. The van der Waals surface area contributed by atoms with E-state index in [9.17, 15) is 4.79 Å². The Morgan fingerprint density at radius 3 is 2.82 bits per heavy atom. The Kier molecular flexibility index (Phi) is 4.18. The summed E-state index contributed by atoms with van der Waals surface area (Å²) in [7, 11) is 2.08. The molecule has 1 amide bonds. The van der Waals surface area contributed by atoms with Gasteiger partial charge in [-0.2, -0.15) is 5.10 Å². The van der Waals surface area contributed by atoms with Gasteiger partial charge < -0.3 is 9.80 Å². The van der Waals surface area contributed by atoms with Gasteiger partial charge in [0.1, 0.15) is 0 Å². The third-order valence-electron chi connectivity index (χ3n) is 4.02. The predicted octanol–water partition coefficient (Wildman–Crippen LogP) is 2.30. The molecule has 1 aliphatic rings. The Morgan fingerprint density at radius 1 is 1.32 bits per heavy atom. The smallest absolute Gasteiger partial charge is 0.257 e. The molecule has 1 saturated heterocycles. The number of hydrogen-bond donors (Lipinski definition) is 0. The third kappa shape index (κ3) is 2.87. The van der Waals surface area contributed by atoms with Crippen molar-refractivity contribution in [2.24, 2.45) is 0 Å². The zero-order valence-electron chi connectivity index (χ0n) is 12.7. The molecule has 22 heavy (non-hydrogen) atoms. The van der Waals surface area contributed by atoms with E-state index >= 15 is 0 Å². The second-order valence-corrected chi connectivity index (χ2v) is 6.14. The van der Waals surface area contributed by atoms with Crippen LogP contribution < -0.4 is 0 Å². The largest absolute Gasteiger partial charge is 0.333 e. The number of rotatable bonds is 2. The lowest BCUT2D eigenvalue weighted by Crippen LogP contribution is -2.52. The van der Waals surface area contributed by atoms with E-state index in [-0.39, 0.29) is 11.9 Å². The van der Waals surface area contributed by atoms with Gasteiger partial charge in [-0.25, -0.2) is 4.68 Å². The molecule has 0 unspecified atom stereocenters. The van der Waals surface area contributed by atoms with Crippen LogP contribution in [-0.2, 0) is 0 Å². The van der Waals surface area contributed by atoms with Crippen LogP contribution in [0, 0.1) is 0 Å². The molecular weight excluding hydrogens is 300 g/mol. The SMILES string of the molecule is C[C@@H]1CN(C)CCN1C(=O)c1cnn(-c2ccccc2Cl)c1. The van der Waals surface area contributed by atoms with E-state index in [0.29, 0.717) is 10.6 Å². The molecule has 0 saturated carbocycles. The molecule has 1 aliphatic heterocycles. The van der Waals surface area contributed by atoms with Crippen molar-refractivity contribution in [1.82, 2.24) is 19.6 Å². The van der Waals surface area contributed by atoms with Crippen LogP contribution >= 0.6 is 11.6 Å². The molecule has 0 spiro atoms. The van der Waals surface area contributed by atoms with E-state index in [2.05, 4.69) is 24.0 Å². The lowest BCUT2D eigenvalue weighted by molar-refractivity contribution is 0.0533. The maximum atomic E-state index is 12.7. The van der Waals surface area contributed by atoms with Crippen molar-refractivity contribution >= 4 is 17.5 Å². The number of aromatic nitrogens is 2. The molecule has 1 atom stereocenters. The zero-order chi connectivity index (χ0) is 15.7. The monoisotopic (exact) mass is 318 g/mol. The summed E-state index contributed by atoms with van der Waals surface area (Å²) in [6.45, 7) is 4.61. The number of piperazine rings is 1. The van der Waals surface area contributed by atoms with Gasteiger partial charge in [-0.15, -0.1) is 0 Å². The summed E-state index contributed by atoms with van der Waals surface area (Å²) in [5, 5.41) is 4.89. The summed E-state index contributed by atoms with van der Waals surface area (Å²) in [5.74, 6) is 0.0268. The number of amides is 1. The van der Waals surface area contributed by atoms with Crippen LogP contribution in [0.3, 0.4) is 0 Å². The first-order chi connectivity index (χ1) is 10.6. The van der Waals surface area contributed by atoms with Gasteiger partial charge in [0.25, 0.3) is 5.91 Å². The van der Waals surface area contributed by atoms with Crippen LogP contribution in [0.25, 0.3) is 5.69 Å². The molecule has 2 heterocycles. The van der Waals surface area contributed by atoms with E-state index < -0.39 is 0 Å². The summed E-state index contributed by atoms with van der Waals surface area (Å²) >= 11 is 6.17. The molecule has 0 aliphatic carbocycles. The van der Waals surface area contributed by atoms with E-state index in [0.717, 1.165) is 25.3 Å². The number of halogens is 1. The van der Waals surface area contributed by atoms with Gasteiger partial charge in [0.05, 0.1) is 22.5 Å². The summed E-state index contributed by atoms with van der Waals surface area (Å²) in [6, 6.07) is 7.65. The van der Waals surface area contributed by atoms with E-state index in [1.54, 1.807) is 17.1 Å². The van der Waals surface area contributed by atoms with Crippen molar-refractivity contribution in [2.45, 2.75) is 13.0 Å². The molecule has 0 N–H and O–H groups in total. The van der Waals surface area contributed by atoms with Crippen molar-refractivity contribution in [3.05, 3.63) is 47.2 Å². The normalized spacial score (nSPS) is 19.4. The first kappa shape index (κ1) is 15.1. The van der Waals surface area contributed by atoms with Gasteiger partial charge in [0.2, 0.25) is 0 Å². The average Bonchev–Trinajstić information content (AvgIpc) is 2.97. The van der Waals surface area contributed by atoms with Crippen LogP contribution in [-0.4, -0.2) is 58.2 Å². The van der Waals surface area contributed by atoms with Crippen LogP contribution in [0.2, 0.25) is 5.02 Å². The number of carbonyl (C=O) groups is 1. The lowest BCUT2D eigenvalue weighted by Gasteiger charge is -2.38. The molecule has 1 aromatic heterocycles. The molecule has 1 fully saturated rings. The molecule has 0 bridgehead atoms. The van der Waals surface area contributed by atoms with Gasteiger partial charge in [-0.05, 0) is 26.1 Å². The average molecular weight is 319 g/mol. The highest BCUT2D eigenvalue weighted by molar-refractivity contribution is 6.32. The Balaban J connectivity index is 1.82. The van der Waals surface area contributed by atoms with Crippen molar-refractivity contribution < 1.29 is 4.79 Å². The van der Waals surface area contributed by atoms with E-state index in [1.165, 1.54) is 0 Å². The number of carbonyl (C=O) groups excluding carboxylic acids is 1. The predicted molar refractivity (Wildman–Crippen MR) is 86.6 cm³/mol. The van der Waals surface area contributed by atoms with Crippen molar-refractivity contribution in [3.63, 3.8) is 0 Å². The Hall–Kier alpha value is -1.85. The quantitative estimate of drug-likeness (QED) is 0.853. The minimum absolute atomic E-state index is 0.0268. The van der Waals surface area contributed by atoms with Gasteiger partial charge in [-0.1, -0.05) is 23.7 Å². The second-order valence-electron chi connectivity index (χ2n) is 5.73. The first-order valence-electron chi connectivity index (χ1n) is 7.35. The standard InChI is InChI=1S/C16H19ClN4O/c1-12-10-19(2)7-8-20(12)16(22)13-9-18-21(11-13)15-6-4-3-5-14(15)17/h3-6,9,11-12H,7-8,10H2,1-2H3/t12-/m1/s1. The highest BCUT2D eigenvalue weighted by atomic mass is 35.5. The van der Waals surface area contributed by atoms with Crippen molar-refractivity contribution in [3.8, 4) is 5.69 Å². The maximum Gasteiger partial charge on any atom is 0.257 e. The topological polar surface area (TPSA) is 41.4 Å². The van der Waals surface area contributed by atoms with Crippen LogP contribution in [0.4, 0.5) is 0 Å². The summed E-state index contributed by atoms with van der Waals surface area (Å²) in [5.41, 5.74) is 1.37. The molecule has 0 radical (unpaired) electrons. The maximum absolute atomic E-state index is 12.7. The molecule has 6 heteroatoms. The molecule has 2 aromatic rings. The minimum atomic E-state index is 0.0268.